The smallest absolute Gasteiger partial charge is 0.0845 e. The normalized spacial score (nSPS) is 18.9. The number of fused-ring (bicyclic) bond motifs is 3. The van der Waals surface area contributed by atoms with Gasteiger partial charge in [0, 0.05) is 39.6 Å². The van der Waals surface area contributed by atoms with Gasteiger partial charge >= 0.3 is 0 Å². The third-order valence-electron chi connectivity index (χ3n) is 11.2. The van der Waals surface area contributed by atoms with Crippen molar-refractivity contribution >= 4 is 38.6 Å². The predicted octanol–water partition coefficient (Wildman–Crippen LogP) is 12.5. The van der Waals surface area contributed by atoms with Gasteiger partial charge in [-0.15, -0.1) is 0 Å². The molecule has 3 aliphatic rings. The van der Waals surface area contributed by atoms with Gasteiger partial charge in [-0.05, 0) is 90.1 Å². The highest BCUT2D eigenvalue weighted by Crippen LogP contribution is 2.54. The number of nitrogens with zero attached hydrogens (tertiary/aromatic N) is 2. The molecule has 0 saturated carbocycles. The third-order valence-corrected chi connectivity index (χ3v) is 11.2. The monoisotopic (exact) mass is 636 g/mol. The van der Waals surface area contributed by atoms with Crippen LogP contribution >= 0.6 is 0 Å². The van der Waals surface area contributed by atoms with E-state index in [2.05, 4.69) is 156 Å². The Hall–Kier alpha value is -5.08. The Labute approximate surface area is 290 Å². The predicted molar refractivity (Wildman–Crippen MR) is 209 cm³/mol. The first kappa shape index (κ1) is 30.0. The number of anilines is 1. The zero-order valence-electron chi connectivity index (χ0n) is 28.5. The summed E-state index contributed by atoms with van der Waals surface area (Å²) in [6.45, 7) is 2.34. The molecule has 242 valence electrons. The van der Waals surface area contributed by atoms with E-state index in [1.807, 2.05) is 0 Å². The molecule has 6 aromatic rings. The Morgan fingerprint density at radius 3 is 2.41 bits per heavy atom. The molecular weight excluding hydrogens is 593 g/mol. The van der Waals surface area contributed by atoms with Crippen LogP contribution in [0.5, 0.6) is 0 Å². The van der Waals surface area contributed by atoms with Crippen LogP contribution in [0.4, 0.5) is 5.69 Å². The molecule has 2 unspecified atom stereocenters. The van der Waals surface area contributed by atoms with E-state index in [4.69, 9.17) is 0 Å². The Balaban J connectivity index is 1.17. The van der Waals surface area contributed by atoms with Crippen molar-refractivity contribution in [3.05, 3.63) is 162 Å². The molecule has 0 spiro atoms. The molecule has 2 heterocycles. The molecule has 2 nitrogen and oxygen atoms in total. The summed E-state index contributed by atoms with van der Waals surface area (Å²) < 4.78 is 2.67. The van der Waals surface area contributed by atoms with Gasteiger partial charge in [0.1, 0.15) is 0 Å². The second-order valence-electron chi connectivity index (χ2n) is 14.1. The third kappa shape index (κ3) is 5.17. The Morgan fingerprint density at radius 2 is 1.55 bits per heavy atom. The van der Waals surface area contributed by atoms with Gasteiger partial charge < -0.3 is 9.47 Å². The molecular formula is C47H44N2. The quantitative estimate of drug-likeness (QED) is 0.169. The van der Waals surface area contributed by atoms with Crippen molar-refractivity contribution < 1.29 is 0 Å². The lowest BCUT2D eigenvalue weighted by molar-refractivity contribution is 0.553. The van der Waals surface area contributed by atoms with Crippen molar-refractivity contribution in [2.24, 2.45) is 0 Å². The van der Waals surface area contributed by atoms with E-state index in [-0.39, 0.29) is 12.1 Å². The van der Waals surface area contributed by atoms with E-state index in [0.717, 1.165) is 32.1 Å². The van der Waals surface area contributed by atoms with Gasteiger partial charge in [-0.25, -0.2) is 0 Å². The molecule has 2 heteroatoms. The minimum Gasteiger partial charge on any atom is -0.353 e. The van der Waals surface area contributed by atoms with E-state index < -0.39 is 0 Å². The number of rotatable bonds is 7. The van der Waals surface area contributed by atoms with Crippen LogP contribution < -0.4 is 4.90 Å². The fourth-order valence-corrected chi connectivity index (χ4v) is 8.90. The highest BCUT2D eigenvalue weighted by atomic mass is 15.2. The average molecular weight is 637 g/mol. The van der Waals surface area contributed by atoms with Crippen LogP contribution in [0.1, 0.15) is 80.3 Å². The molecule has 0 saturated heterocycles. The van der Waals surface area contributed by atoms with Crippen molar-refractivity contribution in [3.8, 4) is 11.1 Å². The van der Waals surface area contributed by atoms with Crippen LogP contribution in [0.3, 0.4) is 0 Å². The first-order chi connectivity index (χ1) is 24.3. The molecule has 2 atom stereocenters. The molecule has 0 N–H and O–H groups in total. The maximum atomic E-state index is 2.78. The SMILES string of the molecule is CCCc1c(C2c3ccc(-c4ccccc4)cc3N2C2C=CC=C(c3cccc4ccccc34)CC2)c2ccccc2n1C1=CCCCC1. The summed E-state index contributed by atoms with van der Waals surface area (Å²) in [4.78, 5) is 2.78. The van der Waals surface area contributed by atoms with E-state index in [0.29, 0.717) is 0 Å². The molecule has 49 heavy (non-hydrogen) atoms. The fourth-order valence-electron chi connectivity index (χ4n) is 8.90. The van der Waals surface area contributed by atoms with Gasteiger partial charge in [0.25, 0.3) is 0 Å². The molecule has 9 rings (SSSR count). The minimum absolute atomic E-state index is 0.213. The van der Waals surface area contributed by atoms with Gasteiger partial charge in [0.15, 0.2) is 0 Å². The number of para-hydroxylation sites is 1. The van der Waals surface area contributed by atoms with Crippen molar-refractivity contribution in [1.29, 1.82) is 0 Å². The molecule has 0 amide bonds. The summed E-state index contributed by atoms with van der Waals surface area (Å²) in [5.41, 5.74) is 14.1. The summed E-state index contributed by atoms with van der Waals surface area (Å²) in [6, 6.07) is 43.4. The van der Waals surface area contributed by atoms with Gasteiger partial charge in [-0.2, -0.15) is 0 Å². The highest BCUT2D eigenvalue weighted by molar-refractivity contribution is 5.95. The second kappa shape index (κ2) is 12.7. The zero-order valence-corrected chi connectivity index (χ0v) is 28.5. The highest BCUT2D eigenvalue weighted by Gasteiger charge is 2.42. The first-order valence-corrected chi connectivity index (χ1v) is 18.4. The number of allylic oxidation sites excluding steroid dienone is 5. The maximum absolute atomic E-state index is 2.78. The van der Waals surface area contributed by atoms with E-state index >= 15 is 0 Å². The summed E-state index contributed by atoms with van der Waals surface area (Å²) in [5.74, 6) is 0. The molecule has 0 radical (unpaired) electrons. The molecule has 2 aliphatic carbocycles. The maximum Gasteiger partial charge on any atom is 0.0845 e. The van der Waals surface area contributed by atoms with Crippen LogP contribution in [0.2, 0.25) is 0 Å². The lowest BCUT2D eigenvalue weighted by atomic mass is 9.81. The number of hydrogen-bond acceptors (Lipinski definition) is 1. The lowest BCUT2D eigenvalue weighted by Crippen LogP contribution is -2.46. The van der Waals surface area contributed by atoms with Crippen LogP contribution in [0, 0.1) is 0 Å². The molecule has 1 aromatic heterocycles. The second-order valence-corrected chi connectivity index (χ2v) is 14.1. The van der Waals surface area contributed by atoms with Crippen LogP contribution in [-0.2, 0) is 6.42 Å². The molecule has 0 fully saturated rings. The summed E-state index contributed by atoms with van der Waals surface area (Å²) in [6.07, 6.45) is 19.0. The Kier molecular flexibility index (Phi) is 7.81. The van der Waals surface area contributed by atoms with Crippen molar-refractivity contribution in [2.75, 3.05) is 4.90 Å². The number of aromatic nitrogens is 1. The summed E-state index contributed by atoms with van der Waals surface area (Å²) >= 11 is 0. The first-order valence-electron chi connectivity index (χ1n) is 18.4. The van der Waals surface area contributed by atoms with E-state index in [9.17, 15) is 0 Å². The van der Waals surface area contributed by atoms with Gasteiger partial charge in [-0.3, -0.25) is 0 Å². The standard InChI is InChI=1S/C47H44N2/c1-2-15-44-46(41-25-11-12-27-43(41)48(44)37-21-7-4-8-22-37)47-42-31-29-36(33-16-5-3-6-17-33)32-45(42)49(47)38-23-13-19-35(28-30-38)40-26-14-20-34-18-9-10-24-39(34)40/h3,5-6,9-14,16-21,23-27,29,31-32,38,47H,2,4,7-8,15,22,28,30H2,1H3. The van der Waals surface area contributed by atoms with Crippen molar-refractivity contribution in [1.82, 2.24) is 4.57 Å². The van der Waals surface area contributed by atoms with E-state index in [1.54, 1.807) is 0 Å². The Morgan fingerprint density at radius 1 is 0.735 bits per heavy atom. The van der Waals surface area contributed by atoms with Crippen LogP contribution in [-0.4, -0.2) is 10.6 Å². The zero-order chi connectivity index (χ0) is 32.7. The van der Waals surface area contributed by atoms with Gasteiger partial charge in [-0.1, -0.05) is 141 Å². The topological polar surface area (TPSA) is 8.17 Å². The van der Waals surface area contributed by atoms with Gasteiger partial charge in [0.05, 0.1) is 11.6 Å². The number of hydrogen-bond donors (Lipinski definition) is 0. The van der Waals surface area contributed by atoms with Gasteiger partial charge in [0.2, 0.25) is 0 Å². The molecule has 0 bridgehead atoms. The van der Waals surface area contributed by atoms with E-state index in [1.165, 1.54) is 91.4 Å². The Bertz CT molecular complexity index is 2260. The fraction of sp³-hybridized carbons (Fsp3) is 0.234. The summed E-state index contributed by atoms with van der Waals surface area (Å²) in [5, 5.41) is 4.07. The molecule has 5 aromatic carbocycles. The lowest BCUT2D eigenvalue weighted by Gasteiger charge is -2.49. The van der Waals surface area contributed by atoms with Crippen molar-refractivity contribution in [2.45, 2.75) is 70.4 Å². The largest absolute Gasteiger partial charge is 0.353 e. The number of benzene rings is 5. The minimum atomic E-state index is 0.213. The molecule has 1 aliphatic heterocycles. The summed E-state index contributed by atoms with van der Waals surface area (Å²) in [7, 11) is 0. The van der Waals surface area contributed by atoms with Crippen LogP contribution in [0.15, 0.2) is 140 Å². The average Bonchev–Trinajstić information content (AvgIpc) is 3.27. The van der Waals surface area contributed by atoms with Crippen LogP contribution in [0.25, 0.3) is 44.1 Å². The van der Waals surface area contributed by atoms with Crippen molar-refractivity contribution in [3.63, 3.8) is 0 Å².